The quantitative estimate of drug-likeness (QED) is 0.158. The third-order valence-electron chi connectivity index (χ3n) is 5.56. The van der Waals surface area contributed by atoms with E-state index in [1.54, 1.807) is 6.11 Å². The molecule has 1 rings (SSSR count). The Balaban J connectivity index is 0.0000122. The zero-order chi connectivity index (χ0) is 27.7. The summed E-state index contributed by atoms with van der Waals surface area (Å²) in [5.74, 6) is 0.987. The summed E-state index contributed by atoms with van der Waals surface area (Å²) in [5, 5.41) is 0. The van der Waals surface area contributed by atoms with Crippen LogP contribution in [0, 0.1) is 12.0 Å². The Labute approximate surface area is 198 Å². The van der Waals surface area contributed by atoms with Gasteiger partial charge in [0.15, 0.2) is 5.41 Å². The molecule has 0 fully saturated rings. The zero-order valence-electron chi connectivity index (χ0n) is 19.1. The molecule has 15 heteroatoms. The molecule has 0 aromatic heterocycles. The van der Waals surface area contributed by atoms with E-state index in [0.717, 1.165) is 6.92 Å². The first-order valence-electron chi connectivity index (χ1n) is 9.72. The first kappa shape index (κ1) is 33.7. The van der Waals surface area contributed by atoms with Crippen LogP contribution in [-0.4, -0.2) is 37.0 Å². The molecule has 36 heavy (non-hydrogen) atoms. The van der Waals surface area contributed by atoms with Gasteiger partial charge in [-0.1, -0.05) is 38.0 Å². The minimum atomic E-state index is -6.38. The smallest absolute Gasteiger partial charge is 0.417 e. The van der Waals surface area contributed by atoms with Crippen LogP contribution in [0.4, 0.5) is 52.7 Å². The fourth-order valence-corrected chi connectivity index (χ4v) is 3.11. The van der Waals surface area contributed by atoms with Gasteiger partial charge in [0.25, 0.3) is 5.60 Å². The van der Waals surface area contributed by atoms with Crippen molar-refractivity contribution in [3.63, 3.8) is 0 Å². The molecule has 208 valence electrons. The number of hydrogen-bond donors (Lipinski definition) is 0. The van der Waals surface area contributed by atoms with Crippen LogP contribution in [0.15, 0.2) is 18.2 Å². The molecule has 0 aliphatic heterocycles. The predicted molar refractivity (Wildman–Crippen MR) is 102 cm³/mol. The summed E-state index contributed by atoms with van der Waals surface area (Å²) >= 11 is 0. The van der Waals surface area contributed by atoms with Gasteiger partial charge in [-0.15, -0.1) is 0 Å². The lowest BCUT2D eigenvalue weighted by Crippen LogP contribution is -2.57. The second kappa shape index (κ2) is 11.0. The highest BCUT2D eigenvalue weighted by Crippen LogP contribution is 2.56. The second-order valence-corrected chi connectivity index (χ2v) is 7.71. The molecule has 0 saturated heterocycles. The monoisotopic (exact) mass is 550 g/mol. The third kappa shape index (κ3) is 5.96. The summed E-state index contributed by atoms with van der Waals surface area (Å²) in [5.41, 5.74) is -14.6. The molecule has 0 amide bonds. The molecule has 0 saturated carbocycles. The number of ether oxygens (including phenoxy) is 2. The summed E-state index contributed by atoms with van der Waals surface area (Å²) < 4.78 is 174. The van der Waals surface area contributed by atoms with Crippen LogP contribution >= 0.6 is 0 Å². The molecule has 3 nitrogen and oxygen atoms in total. The van der Waals surface area contributed by atoms with Gasteiger partial charge in [-0.25, -0.2) is 0 Å². The Hall–Kier alpha value is -2.34. The molecule has 1 atom stereocenters. The maximum atomic E-state index is 14.0. The van der Waals surface area contributed by atoms with Crippen LogP contribution in [0.5, 0.6) is 0 Å². The van der Waals surface area contributed by atoms with E-state index in [1.807, 2.05) is 5.92 Å². The Morgan fingerprint density at radius 3 is 1.58 bits per heavy atom. The fraction of sp³-hybridized carbons (Fsp3) is 0.619. The zero-order valence-corrected chi connectivity index (χ0v) is 19.1. The lowest BCUT2D eigenvalue weighted by atomic mass is 9.76. The van der Waals surface area contributed by atoms with Gasteiger partial charge in [0.2, 0.25) is 6.79 Å². The summed E-state index contributed by atoms with van der Waals surface area (Å²) in [7, 11) is 0. The lowest BCUT2D eigenvalue weighted by molar-refractivity contribution is -0.399. The van der Waals surface area contributed by atoms with Gasteiger partial charge < -0.3 is 14.9 Å². The van der Waals surface area contributed by atoms with Crippen LogP contribution < -0.4 is 0 Å². The summed E-state index contributed by atoms with van der Waals surface area (Å²) in [4.78, 5) is 0. The van der Waals surface area contributed by atoms with Gasteiger partial charge in [-0.2, -0.15) is 52.7 Å². The van der Waals surface area contributed by atoms with E-state index in [2.05, 4.69) is 9.47 Å². The SMILES string of the molecule is CC#COCOC(c1cc(C(C)CC)cc(C(C)(C(F)(F)F)C(F)(F)F)c1)(C(F)(F)F)C(F)(F)F.O. The van der Waals surface area contributed by atoms with E-state index in [4.69, 9.17) is 0 Å². The molecule has 1 aromatic carbocycles. The Morgan fingerprint density at radius 2 is 1.22 bits per heavy atom. The third-order valence-corrected chi connectivity index (χ3v) is 5.56. The molecule has 1 aromatic rings. The van der Waals surface area contributed by atoms with Crippen molar-refractivity contribution in [3.05, 3.63) is 34.9 Å². The van der Waals surface area contributed by atoms with Gasteiger partial charge in [0, 0.05) is 12.5 Å². The van der Waals surface area contributed by atoms with Crippen molar-refractivity contribution in [1.29, 1.82) is 0 Å². The first-order chi connectivity index (χ1) is 15.6. The van der Waals surface area contributed by atoms with Gasteiger partial charge in [0.1, 0.15) is 6.11 Å². The Morgan fingerprint density at radius 1 is 0.778 bits per heavy atom. The predicted octanol–water partition coefficient (Wildman–Crippen LogP) is 7.05. The summed E-state index contributed by atoms with van der Waals surface area (Å²) in [6, 6.07) is 0.103. The molecule has 0 radical (unpaired) electrons. The molecular weight excluding hydrogens is 528 g/mol. The van der Waals surface area contributed by atoms with Crippen LogP contribution in [0.2, 0.25) is 0 Å². The molecule has 1 unspecified atom stereocenters. The van der Waals surface area contributed by atoms with Crippen LogP contribution in [0.3, 0.4) is 0 Å². The number of benzene rings is 1. The molecular formula is C21H22F12O3. The van der Waals surface area contributed by atoms with E-state index >= 15 is 0 Å². The average molecular weight is 550 g/mol. The minimum absolute atomic E-state index is 0. The first-order valence-corrected chi connectivity index (χ1v) is 9.72. The van der Waals surface area contributed by atoms with Crippen LogP contribution in [-0.2, 0) is 20.5 Å². The van der Waals surface area contributed by atoms with Gasteiger partial charge in [-0.05, 0) is 30.4 Å². The summed E-state index contributed by atoms with van der Waals surface area (Å²) in [6.45, 7) is 1.61. The molecule has 0 aliphatic rings. The largest absolute Gasteiger partial charge is 0.430 e. The maximum absolute atomic E-state index is 14.0. The lowest BCUT2D eigenvalue weighted by Gasteiger charge is -2.39. The normalized spacial score (nSPS) is 14.4. The maximum Gasteiger partial charge on any atom is 0.430 e. The molecule has 0 heterocycles. The highest BCUT2D eigenvalue weighted by Gasteiger charge is 2.74. The van der Waals surface area contributed by atoms with Crippen LogP contribution in [0.1, 0.15) is 56.7 Å². The van der Waals surface area contributed by atoms with Gasteiger partial charge >= 0.3 is 24.7 Å². The number of hydrogen-bond acceptors (Lipinski definition) is 2. The van der Waals surface area contributed by atoms with Gasteiger partial charge in [0.05, 0.1) is 0 Å². The molecule has 0 aliphatic carbocycles. The molecule has 0 bridgehead atoms. The van der Waals surface area contributed by atoms with Crippen molar-refractivity contribution in [2.45, 2.75) is 75.8 Å². The van der Waals surface area contributed by atoms with E-state index in [1.165, 1.54) is 13.8 Å². The number of rotatable bonds is 7. The summed E-state index contributed by atoms with van der Waals surface area (Å²) in [6.07, 6.45) is -23.4. The second-order valence-electron chi connectivity index (χ2n) is 7.71. The van der Waals surface area contributed by atoms with E-state index in [0.29, 0.717) is 6.07 Å². The highest BCUT2D eigenvalue weighted by atomic mass is 19.4. The highest BCUT2D eigenvalue weighted by molar-refractivity contribution is 5.42. The van der Waals surface area contributed by atoms with Crippen molar-refractivity contribution in [2.24, 2.45) is 0 Å². The van der Waals surface area contributed by atoms with Crippen molar-refractivity contribution < 1.29 is 67.6 Å². The molecule has 0 spiro atoms. The Kier molecular flexibility index (Phi) is 10.2. The number of halogens is 12. The standard InChI is InChI=1S/C21H20F12O2.H2O/c1-5-7-34-11-35-17(20(28,29)30,21(31,32)33)15-9-13(12(3)6-2)8-14(10-15)16(4,18(22,23)24)19(25,26)27;/h8-10,12H,6,11H2,1-4H3;1H2. The minimum Gasteiger partial charge on any atom is -0.417 e. The van der Waals surface area contributed by atoms with Crippen molar-refractivity contribution in [2.75, 3.05) is 6.79 Å². The average Bonchev–Trinajstić information content (AvgIpc) is 2.68. The fourth-order valence-electron chi connectivity index (χ4n) is 3.11. The van der Waals surface area contributed by atoms with Crippen molar-refractivity contribution in [3.8, 4) is 12.0 Å². The van der Waals surface area contributed by atoms with Crippen molar-refractivity contribution >= 4 is 0 Å². The van der Waals surface area contributed by atoms with E-state index in [-0.39, 0.29) is 24.9 Å². The number of alkyl halides is 12. The van der Waals surface area contributed by atoms with E-state index < -0.39 is 71.2 Å². The van der Waals surface area contributed by atoms with E-state index in [9.17, 15) is 52.7 Å². The van der Waals surface area contributed by atoms with Crippen LogP contribution in [0.25, 0.3) is 0 Å². The molecule has 2 N–H and O–H groups in total. The van der Waals surface area contributed by atoms with Gasteiger partial charge in [-0.3, -0.25) is 0 Å². The Bertz CT molecular complexity index is 905. The topological polar surface area (TPSA) is 50.0 Å². The van der Waals surface area contributed by atoms with Crippen molar-refractivity contribution in [1.82, 2.24) is 0 Å².